The smallest absolute Gasteiger partial charge is 0.316 e. The van der Waals surface area contributed by atoms with E-state index in [-0.39, 0.29) is 35.8 Å². The van der Waals surface area contributed by atoms with Crippen molar-refractivity contribution in [3.05, 3.63) is 29.8 Å². The molecule has 2 fully saturated rings. The summed E-state index contributed by atoms with van der Waals surface area (Å²) in [6.45, 7) is 1.24. The predicted octanol–water partition coefficient (Wildman–Crippen LogP) is 0.352. The van der Waals surface area contributed by atoms with Crippen molar-refractivity contribution >= 4 is 21.7 Å². The SMILES string of the molecule is COC(=O)[C@@]12COC[C@@H]1CN(C(=O)c1cccc(S(C)(=O)=O)c1)C2. The van der Waals surface area contributed by atoms with Crippen LogP contribution in [0.4, 0.5) is 0 Å². The lowest BCUT2D eigenvalue weighted by Gasteiger charge is -2.23. The molecular formula is C16H19NO6S. The van der Waals surface area contributed by atoms with Crippen molar-refractivity contribution < 1.29 is 27.5 Å². The summed E-state index contributed by atoms with van der Waals surface area (Å²) in [7, 11) is -2.07. The van der Waals surface area contributed by atoms with Gasteiger partial charge < -0.3 is 14.4 Å². The van der Waals surface area contributed by atoms with Gasteiger partial charge in [0.05, 0.1) is 25.2 Å². The van der Waals surface area contributed by atoms with E-state index < -0.39 is 15.3 Å². The van der Waals surface area contributed by atoms with Gasteiger partial charge in [-0.1, -0.05) is 6.07 Å². The third-order valence-electron chi connectivity index (χ3n) is 4.76. The molecule has 2 saturated heterocycles. The highest BCUT2D eigenvalue weighted by atomic mass is 32.2. The van der Waals surface area contributed by atoms with E-state index in [1.54, 1.807) is 17.0 Å². The highest BCUT2D eigenvalue weighted by Gasteiger charge is 2.57. The average Bonchev–Trinajstić information content (AvgIpc) is 3.10. The Morgan fingerprint density at radius 3 is 2.79 bits per heavy atom. The molecule has 0 radical (unpaired) electrons. The first-order valence-electron chi connectivity index (χ1n) is 7.53. The zero-order chi connectivity index (χ0) is 17.5. The van der Waals surface area contributed by atoms with Crippen molar-refractivity contribution in [2.45, 2.75) is 4.90 Å². The molecule has 0 aliphatic carbocycles. The Labute approximate surface area is 140 Å². The number of carbonyl (C=O) groups excluding carboxylic acids is 2. The van der Waals surface area contributed by atoms with Crippen molar-refractivity contribution in [1.82, 2.24) is 4.90 Å². The van der Waals surface area contributed by atoms with Crippen LogP contribution < -0.4 is 0 Å². The molecule has 0 bridgehead atoms. The van der Waals surface area contributed by atoms with Crippen LogP contribution in [0.3, 0.4) is 0 Å². The number of sulfone groups is 1. The van der Waals surface area contributed by atoms with Gasteiger partial charge in [-0.15, -0.1) is 0 Å². The van der Waals surface area contributed by atoms with E-state index in [2.05, 4.69) is 0 Å². The molecule has 2 aliphatic heterocycles. The van der Waals surface area contributed by atoms with E-state index in [4.69, 9.17) is 9.47 Å². The minimum absolute atomic E-state index is 0.0961. The number of carbonyl (C=O) groups is 2. The Kier molecular flexibility index (Phi) is 4.13. The summed E-state index contributed by atoms with van der Waals surface area (Å²) in [5, 5.41) is 0. The number of hydrogen-bond donors (Lipinski definition) is 0. The van der Waals surface area contributed by atoms with E-state index in [9.17, 15) is 18.0 Å². The van der Waals surface area contributed by atoms with Gasteiger partial charge in [0.1, 0.15) is 5.41 Å². The van der Waals surface area contributed by atoms with Gasteiger partial charge in [-0.25, -0.2) is 8.42 Å². The second kappa shape index (κ2) is 5.86. The fourth-order valence-corrected chi connectivity index (χ4v) is 4.09. The Balaban J connectivity index is 1.86. The predicted molar refractivity (Wildman–Crippen MR) is 84.2 cm³/mol. The van der Waals surface area contributed by atoms with Gasteiger partial charge in [0.2, 0.25) is 0 Å². The van der Waals surface area contributed by atoms with Crippen molar-refractivity contribution in [3.8, 4) is 0 Å². The lowest BCUT2D eigenvalue weighted by atomic mass is 9.81. The molecule has 8 heteroatoms. The summed E-state index contributed by atoms with van der Waals surface area (Å²) in [6, 6.07) is 5.94. The third kappa shape index (κ3) is 2.69. The molecule has 2 aliphatic rings. The van der Waals surface area contributed by atoms with Gasteiger partial charge in [-0.3, -0.25) is 9.59 Å². The van der Waals surface area contributed by atoms with Crippen LogP contribution in [-0.2, 0) is 24.1 Å². The Morgan fingerprint density at radius 2 is 2.12 bits per heavy atom. The van der Waals surface area contributed by atoms with Crippen LogP contribution in [0.5, 0.6) is 0 Å². The van der Waals surface area contributed by atoms with Crippen LogP contribution in [0.2, 0.25) is 0 Å². The van der Waals surface area contributed by atoms with Crippen LogP contribution in [-0.4, -0.2) is 64.9 Å². The molecule has 130 valence electrons. The van der Waals surface area contributed by atoms with E-state index >= 15 is 0 Å². The van der Waals surface area contributed by atoms with E-state index in [0.717, 1.165) is 6.26 Å². The fourth-order valence-electron chi connectivity index (χ4n) is 3.42. The Hall–Kier alpha value is -1.93. The summed E-state index contributed by atoms with van der Waals surface area (Å²) in [5.74, 6) is -0.768. The number of esters is 1. The van der Waals surface area contributed by atoms with E-state index in [1.165, 1.54) is 19.2 Å². The Bertz CT molecular complexity index is 790. The van der Waals surface area contributed by atoms with Crippen molar-refractivity contribution in [1.29, 1.82) is 0 Å². The number of benzene rings is 1. The van der Waals surface area contributed by atoms with Crippen LogP contribution in [0, 0.1) is 11.3 Å². The summed E-state index contributed by atoms with van der Waals surface area (Å²) in [5.41, 5.74) is -0.530. The normalized spacial score (nSPS) is 26.2. The van der Waals surface area contributed by atoms with Crippen molar-refractivity contribution in [3.63, 3.8) is 0 Å². The molecule has 1 aromatic carbocycles. The van der Waals surface area contributed by atoms with E-state index in [0.29, 0.717) is 18.7 Å². The number of amides is 1. The van der Waals surface area contributed by atoms with Gasteiger partial charge in [0.25, 0.3) is 5.91 Å². The van der Waals surface area contributed by atoms with Crippen LogP contribution in [0.1, 0.15) is 10.4 Å². The minimum Gasteiger partial charge on any atom is -0.468 e. The number of methoxy groups -OCH3 is 1. The monoisotopic (exact) mass is 353 g/mol. The minimum atomic E-state index is -3.39. The maximum absolute atomic E-state index is 12.7. The summed E-state index contributed by atoms with van der Waals surface area (Å²) in [6.07, 6.45) is 1.10. The molecule has 1 aromatic rings. The van der Waals surface area contributed by atoms with Crippen LogP contribution >= 0.6 is 0 Å². The van der Waals surface area contributed by atoms with Gasteiger partial charge >= 0.3 is 5.97 Å². The highest BCUT2D eigenvalue weighted by Crippen LogP contribution is 2.42. The molecule has 3 rings (SSSR count). The second-order valence-electron chi connectivity index (χ2n) is 6.35. The molecule has 7 nitrogen and oxygen atoms in total. The third-order valence-corrected chi connectivity index (χ3v) is 5.87. The maximum atomic E-state index is 12.7. The summed E-state index contributed by atoms with van der Waals surface area (Å²) in [4.78, 5) is 26.6. The largest absolute Gasteiger partial charge is 0.468 e. The van der Waals surface area contributed by atoms with Crippen molar-refractivity contribution in [2.75, 3.05) is 39.7 Å². The number of fused-ring (bicyclic) bond motifs is 1. The maximum Gasteiger partial charge on any atom is 0.316 e. The van der Waals surface area contributed by atoms with Gasteiger partial charge in [0.15, 0.2) is 9.84 Å². The molecule has 0 saturated carbocycles. The molecule has 0 spiro atoms. The topological polar surface area (TPSA) is 90.0 Å². The molecule has 0 unspecified atom stereocenters. The zero-order valence-electron chi connectivity index (χ0n) is 13.5. The molecule has 1 amide bonds. The molecular weight excluding hydrogens is 334 g/mol. The second-order valence-corrected chi connectivity index (χ2v) is 8.36. The fraction of sp³-hybridized carbons (Fsp3) is 0.500. The molecule has 24 heavy (non-hydrogen) atoms. The zero-order valence-corrected chi connectivity index (χ0v) is 14.3. The van der Waals surface area contributed by atoms with Crippen molar-refractivity contribution in [2.24, 2.45) is 11.3 Å². The number of ether oxygens (including phenoxy) is 2. The lowest BCUT2D eigenvalue weighted by molar-refractivity contribution is -0.153. The first-order valence-corrected chi connectivity index (χ1v) is 9.42. The highest BCUT2D eigenvalue weighted by molar-refractivity contribution is 7.90. The molecule has 2 atom stereocenters. The number of hydrogen-bond acceptors (Lipinski definition) is 6. The quantitative estimate of drug-likeness (QED) is 0.729. The van der Waals surface area contributed by atoms with Gasteiger partial charge in [-0.2, -0.15) is 0 Å². The number of nitrogens with zero attached hydrogens (tertiary/aromatic N) is 1. The van der Waals surface area contributed by atoms with Gasteiger partial charge in [-0.05, 0) is 18.2 Å². The average molecular weight is 353 g/mol. The summed E-state index contributed by atoms with van der Waals surface area (Å²) >= 11 is 0. The van der Waals surface area contributed by atoms with E-state index in [1.807, 2.05) is 0 Å². The first kappa shape index (κ1) is 16.9. The van der Waals surface area contributed by atoms with Crippen LogP contribution in [0.25, 0.3) is 0 Å². The Morgan fingerprint density at radius 1 is 1.38 bits per heavy atom. The first-order chi connectivity index (χ1) is 11.3. The summed E-state index contributed by atoms with van der Waals surface area (Å²) < 4.78 is 33.6. The van der Waals surface area contributed by atoms with Crippen LogP contribution in [0.15, 0.2) is 29.2 Å². The van der Waals surface area contributed by atoms with Gasteiger partial charge in [0, 0.05) is 30.8 Å². The molecule has 2 heterocycles. The standard InChI is InChI=1S/C16H19NO6S/c1-22-15(19)16-9-17(7-12(16)8-23-10-16)14(18)11-4-3-5-13(6-11)24(2,20)21/h3-6,12H,7-10H2,1-2H3/t12-,16-/m0/s1. The number of likely N-dealkylation sites (tertiary alicyclic amines) is 1. The lowest BCUT2D eigenvalue weighted by Crippen LogP contribution is -2.41. The molecule has 0 aromatic heterocycles. The number of rotatable bonds is 3. The molecule has 0 N–H and O–H groups in total.